The van der Waals surface area contributed by atoms with Gasteiger partial charge in [-0.05, 0) is 56.5 Å². The van der Waals surface area contributed by atoms with E-state index in [1.165, 1.54) is 24.8 Å². The summed E-state index contributed by atoms with van der Waals surface area (Å²) >= 11 is 0. The normalized spacial score (nSPS) is 19.5. The standard InChI is InChI=1S/C17H27FN2/c1-3-10-20(13-16-6-4-5-9-19-16)12-15-7-8-17(18)14(2)11-15/h7-8,11,16,19H,3-6,9-10,12-13H2,1-2H3. The van der Waals surface area contributed by atoms with Crippen molar-refractivity contribution in [2.45, 2.75) is 52.1 Å². The fraction of sp³-hybridized carbons (Fsp3) is 0.647. The molecule has 1 unspecified atom stereocenters. The monoisotopic (exact) mass is 278 g/mol. The molecule has 1 saturated heterocycles. The lowest BCUT2D eigenvalue weighted by atomic mass is 10.0. The number of hydrogen-bond acceptors (Lipinski definition) is 2. The predicted octanol–water partition coefficient (Wildman–Crippen LogP) is 3.49. The predicted molar refractivity (Wildman–Crippen MR) is 82.3 cm³/mol. The molecule has 0 amide bonds. The van der Waals surface area contributed by atoms with Gasteiger partial charge in [0.05, 0.1) is 0 Å². The number of hydrogen-bond donors (Lipinski definition) is 1. The first-order chi connectivity index (χ1) is 9.69. The van der Waals surface area contributed by atoms with E-state index in [2.05, 4.69) is 17.1 Å². The second-order valence-electron chi connectivity index (χ2n) is 5.97. The average Bonchev–Trinajstić information content (AvgIpc) is 2.44. The molecule has 2 nitrogen and oxygen atoms in total. The fourth-order valence-electron chi connectivity index (χ4n) is 3.01. The largest absolute Gasteiger partial charge is 0.313 e. The molecule has 0 bridgehead atoms. The number of rotatable bonds is 6. The zero-order chi connectivity index (χ0) is 14.4. The lowest BCUT2D eigenvalue weighted by molar-refractivity contribution is 0.217. The summed E-state index contributed by atoms with van der Waals surface area (Å²) in [5, 5.41) is 3.61. The van der Waals surface area contributed by atoms with Crippen molar-refractivity contribution in [3.05, 3.63) is 35.1 Å². The molecule has 0 spiro atoms. The Bertz CT molecular complexity index is 413. The molecule has 0 saturated carbocycles. The van der Waals surface area contributed by atoms with Crippen molar-refractivity contribution in [1.82, 2.24) is 10.2 Å². The molecule has 0 aromatic heterocycles. The molecule has 0 aliphatic carbocycles. The third-order valence-corrected chi connectivity index (χ3v) is 4.06. The molecule has 3 heteroatoms. The van der Waals surface area contributed by atoms with E-state index in [9.17, 15) is 4.39 Å². The van der Waals surface area contributed by atoms with E-state index < -0.39 is 0 Å². The molecule has 1 aliphatic heterocycles. The highest BCUT2D eigenvalue weighted by Crippen LogP contribution is 2.14. The summed E-state index contributed by atoms with van der Waals surface area (Å²) in [6.07, 6.45) is 5.09. The quantitative estimate of drug-likeness (QED) is 0.857. The van der Waals surface area contributed by atoms with Crippen LogP contribution in [0.2, 0.25) is 0 Å². The van der Waals surface area contributed by atoms with Gasteiger partial charge in [-0.3, -0.25) is 4.90 Å². The Morgan fingerprint density at radius 3 is 2.85 bits per heavy atom. The Kier molecular flexibility index (Phi) is 5.99. The fourth-order valence-corrected chi connectivity index (χ4v) is 3.01. The molecule has 0 radical (unpaired) electrons. The van der Waals surface area contributed by atoms with Crippen molar-refractivity contribution >= 4 is 0 Å². The average molecular weight is 278 g/mol. The highest BCUT2D eigenvalue weighted by atomic mass is 19.1. The minimum Gasteiger partial charge on any atom is -0.313 e. The molecule has 112 valence electrons. The van der Waals surface area contributed by atoms with Crippen molar-refractivity contribution in [2.75, 3.05) is 19.6 Å². The molecule has 20 heavy (non-hydrogen) atoms. The third-order valence-electron chi connectivity index (χ3n) is 4.06. The minimum absolute atomic E-state index is 0.107. The Labute approximate surface area is 122 Å². The third kappa shape index (κ3) is 4.57. The second-order valence-corrected chi connectivity index (χ2v) is 5.97. The SMILES string of the molecule is CCCN(Cc1ccc(F)c(C)c1)CC1CCCCN1. The van der Waals surface area contributed by atoms with Gasteiger partial charge in [0.15, 0.2) is 0 Å². The van der Waals surface area contributed by atoms with E-state index in [4.69, 9.17) is 0 Å². The van der Waals surface area contributed by atoms with Crippen LogP contribution in [0.5, 0.6) is 0 Å². The van der Waals surface area contributed by atoms with Crippen molar-refractivity contribution in [3.8, 4) is 0 Å². The molecule has 1 atom stereocenters. The molecule has 1 aromatic carbocycles. The molecule has 1 aliphatic rings. The van der Waals surface area contributed by atoms with Gasteiger partial charge < -0.3 is 5.32 Å². The Balaban J connectivity index is 1.94. The van der Waals surface area contributed by atoms with Crippen LogP contribution in [-0.2, 0) is 6.54 Å². The van der Waals surface area contributed by atoms with Gasteiger partial charge in [-0.15, -0.1) is 0 Å². The Morgan fingerprint density at radius 1 is 1.35 bits per heavy atom. The second kappa shape index (κ2) is 7.75. The molecular formula is C17H27FN2. The van der Waals surface area contributed by atoms with Gasteiger partial charge in [-0.1, -0.05) is 25.5 Å². The van der Waals surface area contributed by atoms with Crippen LogP contribution >= 0.6 is 0 Å². The topological polar surface area (TPSA) is 15.3 Å². The molecule has 2 rings (SSSR count). The summed E-state index contributed by atoms with van der Waals surface area (Å²) in [7, 11) is 0. The highest BCUT2D eigenvalue weighted by Gasteiger charge is 2.16. The lowest BCUT2D eigenvalue weighted by Gasteiger charge is -2.30. The van der Waals surface area contributed by atoms with Gasteiger partial charge >= 0.3 is 0 Å². The minimum atomic E-state index is -0.107. The lowest BCUT2D eigenvalue weighted by Crippen LogP contribution is -2.43. The van der Waals surface area contributed by atoms with Gasteiger partial charge in [0.1, 0.15) is 5.82 Å². The van der Waals surface area contributed by atoms with Crippen LogP contribution in [0.25, 0.3) is 0 Å². The van der Waals surface area contributed by atoms with E-state index in [-0.39, 0.29) is 5.82 Å². The van der Waals surface area contributed by atoms with E-state index in [1.54, 1.807) is 6.07 Å². The van der Waals surface area contributed by atoms with Gasteiger partial charge in [-0.25, -0.2) is 4.39 Å². The maximum Gasteiger partial charge on any atom is 0.126 e. The summed E-state index contributed by atoms with van der Waals surface area (Å²) < 4.78 is 13.3. The van der Waals surface area contributed by atoms with Gasteiger partial charge in [0.2, 0.25) is 0 Å². The zero-order valence-electron chi connectivity index (χ0n) is 12.8. The molecule has 1 fully saturated rings. The first-order valence-electron chi connectivity index (χ1n) is 7.90. The Morgan fingerprint density at radius 2 is 2.20 bits per heavy atom. The molecule has 1 heterocycles. The maximum atomic E-state index is 13.3. The van der Waals surface area contributed by atoms with Gasteiger partial charge in [0, 0.05) is 19.1 Å². The zero-order valence-corrected chi connectivity index (χ0v) is 12.8. The van der Waals surface area contributed by atoms with Crippen molar-refractivity contribution in [1.29, 1.82) is 0 Å². The molecule has 1 N–H and O–H groups in total. The number of piperidine rings is 1. The van der Waals surface area contributed by atoms with Crippen LogP contribution in [-0.4, -0.2) is 30.6 Å². The number of nitrogens with zero attached hydrogens (tertiary/aromatic N) is 1. The summed E-state index contributed by atoms with van der Waals surface area (Å²) in [5.74, 6) is -0.107. The first-order valence-corrected chi connectivity index (χ1v) is 7.90. The summed E-state index contributed by atoms with van der Waals surface area (Å²) in [6, 6.07) is 6.11. The molecule has 1 aromatic rings. The Hall–Kier alpha value is -0.930. The summed E-state index contributed by atoms with van der Waals surface area (Å²) in [4.78, 5) is 2.50. The van der Waals surface area contributed by atoms with Crippen LogP contribution in [0.15, 0.2) is 18.2 Å². The number of aryl methyl sites for hydroxylation is 1. The highest BCUT2D eigenvalue weighted by molar-refractivity contribution is 5.23. The van der Waals surface area contributed by atoms with E-state index in [1.807, 2.05) is 19.1 Å². The van der Waals surface area contributed by atoms with Crippen LogP contribution in [0.1, 0.15) is 43.7 Å². The van der Waals surface area contributed by atoms with Crippen LogP contribution < -0.4 is 5.32 Å². The van der Waals surface area contributed by atoms with Crippen LogP contribution in [0.4, 0.5) is 4.39 Å². The maximum absolute atomic E-state index is 13.3. The van der Waals surface area contributed by atoms with E-state index >= 15 is 0 Å². The summed E-state index contributed by atoms with van der Waals surface area (Å²) in [6.45, 7) is 8.34. The van der Waals surface area contributed by atoms with E-state index in [0.717, 1.165) is 38.2 Å². The summed E-state index contributed by atoms with van der Waals surface area (Å²) in [5.41, 5.74) is 1.96. The number of benzene rings is 1. The number of nitrogens with one attached hydrogen (secondary N) is 1. The van der Waals surface area contributed by atoms with Crippen molar-refractivity contribution < 1.29 is 4.39 Å². The van der Waals surface area contributed by atoms with Crippen molar-refractivity contribution in [3.63, 3.8) is 0 Å². The molecular weight excluding hydrogens is 251 g/mol. The first kappa shape index (κ1) is 15.5. The number of halogens is 1. The van der Waals surface area contributed by atoms with Gasteiger partial charge in [-0.2, -0.15) is 0 Å². The van der Waals surface area contributed by atoms with Crippen molar-refractivity contribution in [2.24, 2.45) is 0 Å². The van der Waals surface area contributed by atoms with Crippen LogP contribution in [0, 0.1) is 12.7 Å². The van der Waals surface area contributed by atoms with Gasteiger partial charge in [0.25, 0.3) is 0 Å². The van der Waals surface area contributed by atoms with E-state index in [0.29, 0.717) is 6.04 Å². The van der Waals surface area contributed by atoms with Crippen LogP contribution in [0.3, 0.4) is 0 Å². The smallest absolute Gasteiger partial charge is 0.126 e.